The topological polar surface area (TPSA) is 100 Å². The number of nitrogens with two attached hydrogens (primary N) is 1. The van der Waals surface area contributed by atoms with Crippen LogP contribution in [0, 0.1) is 5.92 Å². The molecule has 6 nitrogen and oxygen atoms in total. The van der Waals surface area contributed by atoms with Gasteiger partial charge in [-0.2, -0.15) is 0 Å². The third-order valence-corrected chi connectivity index (χ3v) is 3.34. The number of para-hydroxylation sites is 1. The van der Waals surface area contributed by atoms with Gasteiger partial charge in [0.25, 0.3) is 5.91 Å². The van der Waals surface area contributed by atoms with Gasteiger partial charge in [0.2, 0.25) is 5.91 Å². The number of nitrogens with one attached hydrogen (secondary N) is 3. The lowest BCUT2D eigenvalue weighted by Gasteiger charge is -2.20. The van der Waals surface area contributed by atoms with Crippen molar-refractivity contribution in [3.8, 4) is 0 Å². The Labute approximate surface area is 123 Å². The first-order valence-electron chi connectivity index (χ1n) is 6.87. The summed E-state index contributed by atoms with van der Waals surface area (Å²) >= 11 is 0. The largest absolute Gasteiger partial charge is 0.358 e. The number of carbonyl (C=O) groups is 2. The van der Waals surface area contributed by atoms with Gasteiger partial charge in [-0.25, -0.2) is 5.84 Å². The summed E-state index contributed by atoms with van der Waals surface area (Å²) in [5.74, 6) is 4.48. The summed E-state index contributed by atoms with van der Waals surface area (Å²) in [6.07, 6.45) is 0.190. The number of aromatic nitrogens is 1. The number of hydrogen-bond donors (Lipinski definition) is 4. The predicted octanol–water partition coefficient (Wildman–Crippen LogP) is 0.841. The number of carbonyl (C=O) groups excluding carboxylic acids is 2. The normalized spacial score (nSPS) is 12.4. The fourth-order valence-corrected chi connectivity index (χ4v) is 2.25. The Hall–Kier alpha value is -2.34. The summed E-state index contributed by atoms with van der Waals surface area (Å²) in [4.78, 5) is 26.9. The summed E-state index contributed by atoms with van der Waals surface area (Å²) in [5, 5.41) is 3.76. The maximum atomic E-state index is 12.1. The van der Waals surface area contributed by atoms with Gasteiger partial charge in [0.1, 0.15) is 6.04 Å². The Balaban J connectivity index is 2.05. The lowest BCUT2D eigenvalue weighted by atomic mass is 10.0. The molecule has 0 aliphatic heterocycles. The number of H-pyrrole nitrogens is 1. The van der Waals surface area contributed by atoms with E-state index in [0.717, 1.165) is 16.6 Å². The zero-order chi connectivity index (χ0) is 15.4. The fraction of sp³-hybridized carbons (Fsp3) is 0.333. The van der Waals surface area contributed by atoms with Gasteiger partial charge in [0, 0.05) is 11.2 Å². The molecule has 2 aromatic rings. The molecular weight excluding hydrogens is 268 g/mol. The molecule has 1 unspecified atom stereocenters. The molecule has 0 aliphatic carbocycles. The summed E-state index contributed by atoms with van der Waals surface area (Å²) in [7, 11) is 0. The molecule has 1 heterocycles. The van der Waals surface area contributed by atoms with Gasteiger partial charge < -0.3 is 10.3 Å². The van der Waals surface area contributed by atoms with Crippen LogP contribution in [0.3, 0.4) is 0 Å². The molecule has 21 heavy (non-hydrogen) atoms. The zero-order valence-electron chi connectivity index (χ0n) is 12.1. The predicted molar refractivity (Wildman–Crippen MR) is 81.1 cm³/mol. The average Bonchev–Trinajstić information content (AvgIpc) is 2.85. The van der Waals surface area contributed by atoms with E-state index in [1.165, 1.54) is 0 Å². The number of hydrogen-bond acceptors (Lipinski definition) is 3. The Morgan fingerprint density at radius 3 is 2.62 bits per heavy atom. The van der Waals surface area contributed by atoms with Crippen molar-refractivity contribution in [2.45, 2.75) is 26.3 Å². The highest BCUT2D eigenvalue weighted by atomic mass is 16.2. The number of rotatable bonds is 5. The maximum Gasteiger partial charge on any atom is 0.256 e. The third-order valence-electron chi connectivity index (χ3n) is 3.34. The van der Waals surface area contributed by atoms with Crippen molar-refractivity contribution in [3.05, 3.63) is 36.0 Å². The summed E-state index contributed by atoms with van der Waals surface area (Å²) in [6.45, 7) is 3.70. The first-order chi connectivity index (χ1) is 10.0. The van der Waals surface area contributed by atoms with Crippen molar-refractivity contribution in [1.82, 2.24) is 15.7 Å². The Morgan fingerprint density at radius 2 is 2.00 bits per heavy atom. The van der Waals surface area contributed by atoms with Crippen LogP contribution in [0.4, 0.5) is 0 Å². The monoisotopic (exact) mass is 288 g/mol. The van der Waals surface area contributed by atoms with Crippen LogP contribution in [0.25, 0.3) is 10.9 Å². The molecule has 0 saturated heterocycles. The SMILES string of the molecule is CC(C)C(NC(=O)Cc1cc2ccccc2[nH]1)C(=O)NN. The van der Waals surface area contributed by atoms with E-state index in [-0.39, 0.29) is 18.2 Å². The molecule has 1 atom stereocenters. The molecule has 1 aromatic carbocycles. The second-order valence-corrected chi connectivity index (χ2v) is 5.36. The standard InChI is InChI=1S/C15H20N4O2/c1-9(2)14(15(21)19-16)18-13(20)8-11-7-10-5-3-4-6-12(10)17-11/h3-7,9,14,17H,8,16H2,1-2H3,(H,18,20)(H,19,21). The minimum absolute atomic E-state index is 0.0415. The first kappa shape index (κ1) is 15.1. The molecule has 0 aliphatic rings. The second-order valence-electron chi connectivity index (χ2n) is 5.36. The van der Waals surface area contributed by atoms with Gasteiger partial charge in [0.05, 0.1) is 6.42 Å². The van der Waals surface area contributed by atoms with Gasteiger partial charge in [-0.3, -0.25) is 15.0 Å². The van der Waals surface area contributed by atoms with E-state index in [1.807, 2.05) is 44.2 Å². The van der Waals surface area contributed by atoms with Crippen LogP contribution in [0.2, 0.25) is 0 Å². The minimum Gasteiger partial charge on any atom is -0.358 e. The zero-order valence-corrected chi connectivity index (χ0v) is 12.1. The van der Waals surface area contributed by atoms with Gasteiger partial charge >= 0.3 is 0 Å². The van der Waals surface area contributed by atoms with Crippen molar-refractivity contribution in [1.29, 1.82) is 0 Å². The molecule has 1 aromatic heterocycles. The summed E-state index contributed by atoms with van der Waals surface area (Å²) in [6, 6.07) is 9.11. The number of fused-ring (bicyclic) bond motifs is 1. The quantitative estimate of drug-likeness (QED) is 0.372. The molecule has 2 rings (SSSR count). The van der Waals surface area contributed by atoms with Crippen LogP contribution >= 0.6 is 0 Å². The molecule has 0 bridgehead atoms. The highest BCUT2D eigenvalue weighted by molar-refractivity contribution is 5.89. The van der Waals surface area contributed by atoms with Gasteiger partial charge in [0.15, 0.2) is 0 Å². The Kier molecular flexibility index (Phi) is 4.59. The van der Waals surface area contributed by atoms with Crippen molar-refractivity contribution in [2.75, 3.05) is 0 Å². The number of amides is 2. The average molecular weight is 288 g/mol. The molecule has 5 N–H and O–H groups in total. The van der Waals surface area contributed by atoms with Crippen LogP contribution in [0.1, 0.15) is 19.5 Å². The van der Waals surface area contributed by atoms with Crippen molar-refractivity contribution >= 4 is 22.7 Å². The summed E-state index contributed by atoms with van der Waals surface area (Å²) < 4.78 is 0. The number of hydrazine groups is 1. The van der Waals surface area contributed by atoms with E-state index < -0.39 is 11.9 Å². The minimum atomic E-state index is -0.633. The molecule has 0 radical (unpaired) electrons. The third kappa shape index (κ3) is 3.61. The number of aromatic amines is 1. The maximum absolute atomic E-state index is 12.1. The van der Waals surface area contributed by atoms with Crippen LogP contribution in [-0.4, -0.2) is 22.8 Å². The van der Waals surface area contributed by atoms with E-state index in [9.17, 15) is 9.59 Å². The lowest BCUT2D eigenvalue weighted by molar-refractivity contribution is -0.129. The van der Waals surface area contributed by atoms with Crippen molar-refractivity contribution in [2.24, 2.45) is 11.8 Å². The lowest BCUT2D eigenvalue weighted by Crippen LogP contribution is -2.51. The fourth-order valence-electron chi connectivity index (χ4n) is 2.25. The van der Waals surface area contributed by atoms with E-state index in [1.54, 1.807) is 0 Å². The molecule has 0 spiro atoms. The van der Waals surface area contributed by atoms with E-state index >= 15 is 0 Å². The second kappa shape index (κ2) is 6.41. The van der Waals surface area contributed by atoms with Gasteiger partial charge in [-0.1, -0.05) is 32.0 Å². The smallest absolute Gasteiger partial charge is 0.256 e. The van der Waals surface area contributed by atoms with Gasteiger partial charge in [-0.05, 0) is 23.4 Å². The number of benzene rings is 1. The van der Waals surface area contributed by atoms with E-state index in [4.69, 9.17) is 5.84 Å². The Bertz CT molecular complexity index is 615. The first-order valence-corrected chi connectivity index (χ1v) is 6.87. The van der Waals surface area contributed by atoms with E-state index in [0.29, 0.717) is 0 Å². The van der Waals surface area contributed by atoms with Gasteiger partial charge in [-0.15, -0.1) is 0 Å². The highest BCUT2D eigenvalue weighted by Gasteiger charge is 2.23. The molecular formula is C15H20N4O2. The molecule has 0 saturated carbocycles. The highest BCUT2D eigenvalue weighted by Crippen LogP contribution is 2.15. The van der Waals surface area contributed by atoms with Crippen molar-refractivity contribution in [3.63, 3.8) is 0 Å². The van der Waals surface area contributed by atoms with Crippen LogP contribution in [0.15, 0.2) is 30.3 Å². The van der Waals surface area contributed by atoms with E-state index in [2.05, 4.69) is 15.7 Å². The van der Waals surface area contributed by atoms with Crippen LogP contribution < -0.4 is 16.6 Å². The van der Waals surface area contributed by atoms with Crippen LogP contribution in [-0.2, 0) is 16.0 Å². The van der Waals surface area contributed by atoms with Crippen LogP contribution in [0.5, 0.6) is 0 Å². The molecule has 0 fully saturated rings. The molecule has 2 amide bonds. The molecule has 6 heteroatoms. The Morgan fingerprint density at radius 1 is 1.29 bits per heavy atom. The summed E-state index contributed by atoms with van der Waals surface area (Å²) in [5.41, 5.74) is 3.87. The molecule has 112 valence electrons. The van der Waals surface area contributed by atoms with Crippen molar-refractivity contribution < 1.29 is 9.59 Å².